The van der Waals surface area contributed by atoms with E-state index in [1.807, 2.05) is 22.9 Å². The molecule has 3 nitrogen and oxygen atoms in total. The molecular formula is C12H10ClNO2S. The van der Waals surface area contributed by atoms with Crippen molar-refractivity contribution in [3.8, 4) is 11.5 Å². The van der Waals surface area contributed by atoms with Crippen molar-refractivity contribution in [2.45, 2.75) is 6.04 Å². The van der Waals surface area contributed by atoms with Gasteiger partial charge >= 0.3 is 0 Å². The van der Waals surface area contributed by atoms with Crippen molar-refractivity contribution >= 4 is 22.9 Å². The molecule has 2 N–H and O–H groups in total. The highest BCUT2D eigenvalue weighted by Gasteiger charge is 2.20. The Labute approximate surface area is 108 Å². The molecular weight excluding hydrogens is 258 g/mol. The highest BCUT2D eigenvalue weighted by molar-refractivity contribution is 7.08. The van der Waals surface area contributed by atoms with Crippen molar-refractivity contribution in [2.75, 3.05) is 6.79 Å². The van der Waals surface area contributed by atoms with Crippen molar-refractivity contribution in [3.63, 3.8) is 0 Å². The molecule has 3 rings (SSSR count). The number of halogens is 1. The summed E-state index contributed by atoms with van der Waals surface area (Å²) >= 11 is 7.82. The van der Waals surface area contributed by atoms with Gasteiger partial charge in [-0.2, -0.15) is 11.3 Å². The number of rotatable bonds is 2. The number of ether oxygens (including phenoxy) is 2. The second-order valence-electron chi connectivity index (χ2n) is 3.76. The van der Waals surface area contributed by atoms with E-state index in [-0.39, 0.29) is 12.8 Å². The van der Waals surface area contributed by atoms with Gasteiger partial charge in [0, 0.05) is 11.1 Å². The SMILES string of the molecule is N[C@H](c1ccsc1)c1cc2c(cc1Cl)OCO2. The topological polar surface area (TPSA) is 44.5 Å². The normalized spacial score (nSPS) is 14.9. The van der Waals surface area contributed by atoms with Crippen molar-refractivity contribution < 1.29 is 9.47 Å². The highest BCUT2D eigenvalue weighted by Crippen LogP contribution is 2.39. The van der Waals surface area contributed by atoms with Crippen LogP contribution in [-0.2, 0) is 0 Å². The lowest BCUT2D eigenvalue weighted by molar-refractivity contribution is 0.174. The van der Waals surface area contributed by atoms with Crippen LogP contribution in [0, 0.1) is 0 Å². The van der Waals surface area contributed by atoms with E-state index in [4.69, 9.17) is 26.8 Å². The number of hydrogen-bond donors (Lipinski definition) is 1. The van der Waals surface area contributed by atoms with E-state index in [0.717, 1.165) is 11.1 Å². The van der Waals surface area contributed by atoms with Crippen LogP contribution in [0.5, 0.6) is 11.5 Å². The predicted molar refractivity (Wildman–Crippen MR) is 67.9 cm³/mol. The molecule has 0 fully saturated rings. The Morgan fingerprint density at radius 1 is 1.29 bits per heavy atom. The molecule has 0 spiro atoms. The van der Waals surface area contributed by atoms with Gasteiger partial charge < -0.3 is 15.2 Å². The third kappa shape index (κ3) is 1.88. The third-order valence-corrected chi connectivity index (χ3v) is 3.76. The molecule has 0 saturated carbocycles. The lowest BCUT2D eigenvalue weighted by atomic mass is 10.0. The molecule has 0 saturated heterocycles. The quantitative estimate of drug-likeness (QED) is 0.909. The maximum atomic E-state index is 6.21. The summed E-state index contributed by atoms with van der Waals surface area (Å²) in [6.45, 7) is 0.239. The van der Waals surface area contributed by atoms with Crippen LogP contribution in [0.15, 0.2) is 29.0 Å². The summed E-state index contributed by atoms with van der Waals surface area (Å²) in [6, 6.07) is 5.37. The Hall–Kier alpha value is -1.23. The average molecular weight is 268 g/mol. The van der Waals surface area contributed by atoms with Gasteiger partial charge in [0.1, 0.15) is 0 Å². The first-order valence-electron chi connectivity index (χ1n) is 5.12. The molecule has 1 aliphatic heterocycles. The van der Waals surface area contributed by atoms with Gasteiger partial charge in [-0.15, -0.1) is 0 Å². The van der Waals surface area contributed by atoms with E-state index in [0.29, 0.717) is 16.5 Å². The van der Waals surface area contributed by atoms with E-state index in [2.05, 4.69) is 0 Å². The summed E-state index contributed by atoms with van der Waals surface area (Å²) < 4.78 is 10.6. The lowest BCUT2D eigenvalue weighted by Gasteiger charge is -2.13. The van der Waals surface area contributed by atoms with E-state index < -0.39 is 0 Å². The van der Waals surface area contributed by atoms with Gasteiger partial charge in [-0.3, -0.25) is 0 Å². The molecule has 1 aliphatic rings. The van der Waals surface area contributed by atoms with Crippen LogP contribution in [-0.4, -0.2) is 6.79 Å². The number of benzene rings is 1. The highest BCUT2D eigenvalue weighted by atomic mass is 35.5. The van der Waals surface area contributed by atoms with Crippen molar-refractivity contribution in [3.05, 3.63) is 45.1 Å². The minimum absolute atomic E-state index is 0.233. The smallest absolute Gasteiger partial charge is 0.231 e. The zero-order valence-electron chi connectivity index (χ0n) is 8.85. The summed E-state index contributed by atoms with van der Waals surface area (Å²) in [6.07, 6.45) is 0. The summed E-state index contributed by atoms with van der Waals surface area (Å²) in [4.78, 5) is 0. The number of fused-ring (bicyclic) bond motifs is 1. The molecule has 1 aromatic heterocycles. The van der Waals surface area contributed by atoms with Crippen LogP contribution in [0.3, 0.4) is 0 Å². The summed E-state index contributed by atoms with van der Waals surface area (Å²) in [5.74, 6) is 1.38. The molecule has 5 heteroatoms. The Morgan fingerprint density at radius 3 is 2.76 bits per heavy atom. The lowest BCUT2D eigenvalue weighted by Crippen LogP contribution is -2.11. The molecule has 17 heavy (non-hydrogen) atoms. The van der Waals surface area contributed by atoms with Gasteiger partial charge in [-0.1, -0.05) is 11.6 Å². The van der Waals surface area contributed by atoms with Crippen molar-refractivity contribution in [1.82, 2.24) is 0 Å². The Morgan fingerprint density at radius 2 is 2.06 bits per heavy atom. The third-order valence-electron chi connectivity index (χ3n) is 2.73. The Bertz CT molecular complexity index is 542. The average Bonchev–Trinajstić information content (AvgIpc) is 2.97. The largest absolute Gasteiger partial charge is 0.454 e. The first-order chi connectivity index (χ1) is 8.25. The summed E-state index contributed by atoms with van der Waals surface area (Å²) in [5, 5.41) is 4.62. The number of hydrogen-bond acceptors (Lipinski definition) is 4. The van der Waals surface area contributed by atoms with Gasteiger partial charge in [0.15, 0.2) is 11.5 Å². The first kappa shape index (κ1) is 10.9. The maximum Gasteiger partial charge on any atom is 0.231 e. The van der Waals surface area contributed by atoms with Crippen molar-refractivity contribution in [2.24, 2.45) is 5.73 Å². The Kier molecular flexibility index (Phi) is 2.70. The van der Waals surface area contributed by atoms with Crippen LogP contribution in [0.2, 0.25) is 5.02 Å². The molecule has 0 unspecified atom stereocenters. The van der Waals surface area contributed by atoms with E-state index in [1.165, 1.54) is 0 Å². The van der Waals surface area contributed by atoms with Gasteiger partial charge in [-0.25, -0.2) is 0 Å². The molecule has 1 aromatic carbocycles. The van der Waals surface area contributed by atoms with E-state index in [9.17, 15) is 0 Å². The van der Waals surface area contributed by atoms with E-state index in [1.54, 1.807) is 17.4 Å². The predicted octanol–water partition coefficient (Wildman–Crippen LogP) is 3.18. The van der Waals surface area contributed by atoms with Gasteiger partial charge in [0.2, 0.25) is 6.79 Å². The monoisotopic (exact) mass is 267 g/mol. The van der Waals surface area contributed by atoms with Crippen LogP contribution >= 0.6 is 22.9 Å². The fraction of sp³-hybridized carbons (Fsp3) is 0.167. The fourth-order valence-electron chi connectivity index (χ4n) is 1.80. The molecule has 2 aromatic rings. The number of nitrogens with two attached hydrogens (primary N) is 1. The molecule has 2 heterocycles. The van der Waals surface area contributed by atoms with Gasteiger partial charge in [0.25, 0.3) is 0 Å². The molecule has 0 bridgehead atoms. The fourth-order valence-corrected chi connectivity index (χ4v) is 2.77. The molecule has 0 aliphatic carbocycles. The standard InChI is InChI=1S/C12H10ClNO2S/c13-9-4-11-10(15-6-16-11)3-8(9)12(14)7-1-2-17-5-7/h1-5,12H,6,14H2/t12-/m1/s1. The van der Waals surface area contributed by atoms with Gasteiger partial charge in [0.05, 0.1) is 6.04 Å². The van der Waals surface area contributed by atoms with Crippen LogP contribution < -0.4 is 15.2 Å². The molecule has 1 atom stereocenters. The first-order valence-corrected chi connectivity index (χ1v) is 6.44. The molecule has 0 amide bonds. The second-order valence-corrected chi connectivity index (χ2v) is 4.95. The van der Waals surface area contributed by atoms with Crippen LogP contribution in [0.25, 0.3) is 0 Å². The minimum Gasteiger partial charge on any atom is -0.454 e. The van der Waals surface area contributed by atoms with Crippen molar-refractivity contribution in [1.29, 1.82) is 0 Å². The maximum absolute atomic E-state index is 6.21. The van der Waals surface area contributed by atoms with Gasteiger partial charge in [-0.05, 0) is 34.0 Å². The number of thiophene rings is 1. The molecule has 88 valence electrons. The zero-order chi connectivity index (χ0) is 11.8. The Balaban J connectivity index is 2.03. The zero-order valence-corrected chi connectivity index (χ0v) is 10.4. The van der Waals surface area contributed by atoms with Crippen LogP contribution in [0.4, 0.5) is 0 Å². The minimum atomic E-state index is -0.233. The second kappa shape index (κ2) is 4.22. The van der Waals surface area contributed by atoms with Crippen LogP contribution in [0.1, 0.15) is 17.2 Å². The summed E-state index contributed by atoms with van der Waals surface area (Å²) in [5.41, 5.74) is 8.09. The summed E-state index contributed by atoms with van der Waals surface area (Å²) in [7, 11) is 0. The van der Waals surface area contributed by atoms with E-state index >= 15 is 0 Å². The molecule has 0 radical (unpaired) electrons.